The molecule has 0 fully saturated rings. The maximum Gasteiger partial charge on any atom is 0.416 e. The van der Waals surface area contributed by atoms with Gasteiger partial charge in [-0.1, -0.05) is 48.0 Å². The normalized spacial score (nSPS) is 16.4. The fourth-order valence-electron chi connectivity index (χ4n) is 2.07. The lowest BCUT2D eigenvalue weighted by atomic mass is 9.75. The van der Waals surface area contributed by atoms with Crippen molar-refractivity contribution < 1.29 is 18.3 Å². The molecule has 0 aromatic heterocycles. The number of rotatable bonds is 3. The minimum atomic E-state index is -4.63. The molecule has 1 aromatic carbocycles. The number of hydrogen-bond donors (Lipinski definition) is 1. The van der Waals surface area contributed by atoms with Crippen molar-refractivity contribution in [1.82, 2.24) is 0 Å². The summed E-state index contributed by atoms with van der Waals surface area (Å²) in [5, 5.41) is 9.60. The Morgan fingerprint density at radius 1 is 1.11 bits per heavy atom. The second-order valence-corrected chi connectivity index (χ2v) is 6.17. The Hall–Kier alpha value is -0.550. The second-order valence-electron chi connectivity index (χ2n) is 5.31. The summed E-state index contributed by atoms with van der Waals surface area (Å²) in [6.45, 7) is 4.19. The van der Waals surface area contributed by atoms with E-state index in [1.807, 2.05) is 0 Å². The molecule has 1 aromatic rings. The van der Waals surface area contributed by atoms with Crippen molar-refractivity contribution in [2.24, 2.45) is 0 Å². The van der Waals surface area contributed by atoms with Gasteiger partial charge in [0.05, 0.1) is 0 Å². The summed E-state index contributed by atoms with van der Waals surface area (Å²) in [5.74, 6) is 0. The van der Waals surface area contributed by atoms with Gasteiger partial charge in [0, 0.05) is 4.47 Å². The van der Waals surface area contributed by atoms with Crippen molar-refractivity contribution in [3.05, 3.63) is 34.3 Å². The lowest BCUT2D eigenvalue weighted by molar-refractivity contribution is -0.259. The topological polar surface area (TPSA) is 20.2 Å². The zero-order valence-electron chi connectivity index (χ0n) is 10.5. The van der Waals surface area contributed by atoms with Crippen molar-refractivity contribution in [3.8, 4) is 0 Å². The summed E-state index contributed by atoms with van der Waals surface area (Å²) in [5.41, 5.74) is -2.75. The zero-order valence-corrected chi connectivity index (χ0v) is 12.1. The van der Waals surface area contributed by atoms with Gasteiger partial charge >= 0.3 is 6.18 Å². The van der Waals surface area contributed by atoms with Crippen LogP contribution in [0.15, 0.2) is 28.7 Å². The Balaban J connectivity index is 3.06. The zero-order chi connectivity index (χ0) is 14.2. The highest BCUT2D eigenvalue weighted by Gasteiger charge is 2.52. The minimum absolute atomic E-state index is 0.397. The smallest absolute Gasteiger partial charge is 0.381 e. The molecule has 1 atom stereocenters. The number of aliphatic hydroxyl groups is 1. The van der Waals surface area contributed by atoms with Gasteiger partial charge in [0.25, 0.3) is 0 Å². The van der Waals surface area contributed by atoms with Gasteiger partial charge in [-0.3, -0.25) is 0 Å². The first-order valence-electron chi connectivity index (χ1n) is 5.51. The van der Waals surface area contributed by atoms with Crippen LogP contribution < -0.4 is 0 Å². The first-order valence-corrected chi connectivity index (χ1v) is 6.31. The van der Waals surface area contributed by atoms with Crippen molar-refractivity contribution in [2.45, 2.75) is 44.4 Å². The average molecular weight is 325 g/mol. The van der Waals surface area contributed by atoms with Crippen LogP contribution in [0.25, 0.3) is 0 Å². The van der Waals surface area contributed by atoms with Crippen LogP contribution in [0.3, 0.4) is 0 Å². The molecular weight excluding hydrogens is 309 g/mol. The molecule has 1 unspecified atom stereocenters. The van der Waals surface area contributed by atoms with Crippen LogP contribution in [0.4, 0.5) is 13.2 Å². The fraction of sp³-hybridized carbons (Fsp3) is 0.538. The Morgan fingerprint density at radius 2 is 1.61 bits per heavy atom. The number of hydrogen-bond acceptors (Lipinski definition) is 1. The Bertz CT molecular complexity index is 424. The Labute approximate surface area is 113 Å². The molecule has 1 N–H and O–H groups in total. The highest BCUT2D eigenvalue weighted by Crippen LogP contribution is 2.42. The fourth-order valence-corrected chi connectivity index (χ4v) is 2.89. The molecule has 1 nitrogen and oxygen atoms in total. The highest BCUT2D eigenvalue weighted by atomic mass is 79.9. The van der Waals surface area contributed by atoms with Crippen LogP contribution in [0, 0.1) is 0 Å². The summed E-state index contributed by atoms with van der Waals surface area (Å²) in [7, 11) is 0. The van der Waals surface area contributed by atoms with E-state index in [2.05, 4.69) is 15.9 Å². The highest BCUT2D eigenvalue weighted by molar-refractivity contribution is 9.10. The molecule has 0 aliphatic carbocycles. The average Bonchev–Trinajstić information content (AvgIpc) is 2.14. The van der Waals surface area contributed by atoms with Crippen molar-refractivity contribution in [2.75, 3.05) is 0 Å². The molecule has 0 saturated carbocycles. The molecular formula is C13H16BrF3O. The molecule has 0 aliphatic rings. The van der Waals surface area contributed by atoms with E-state index in [0.29, 0.717) is 0 Å². The van der Waals surface area contributed by atoms with Gasteiger partial charge in [-0.05, 0) is 30.4 Å². The molecule has 0 bridgehead atoms. The lowest BCUT2D eigenvalue weighted by Gasteiger charge is -2.35. The molecule has 18 heavy (non-hydrogen) atoms. The van der Waals surface area contributed by atoms with Gasteiger partial charge in [-0.15, -0.1) is 0 Å². The van der Waals surface area contributed by atoms with Crippen molar-refractivity contribution in [3.63, 3.8) is 0 Å². The number of alkyl halides is 3. The predicted octanol–water partition coefficient (Wildman–Crippen LogP) is 4.43. The summed E-state index contributed by atoms with van der Waals surface area (Å²) >= 11 is 3.33. The van der Waals surface area contributed by atoms with E-state index < -0.39 is 23.6 Å². The van der Waals surface area contributed by atoms with E-state index in [0.717, 1.165) is 17.0 Å². The lowest BCUT2D eigenvalue weighted by Crippen LogP contribution is -2.46. The van der Waals surface area contributed by atoms with Gasteiger partial charge in [0.1, 0.15) is 0 Å². The summed E-state index contributed by atoms with van der Waals surface area (Å²) in [6, 6.07) is 7.10. The van der Waals surface area contributed by atoms with E-state index in [-0.39, 0.29) is 0 Å². The SMILES string of the molecule is CC(C)(CC(C)(O)C(F)(F)F)c1ccccc1Br. The first kappa shape index (κ1) is 15.5. The van der Waals surface area contributed by atoms with Crippen molar-refractivity contribution in [1.29, 1.82) is 0 Å². The van der Waals surface area contributed by atoms with Gasteiger partial charge in [-0.2, -0.15) is 13.2 Å². The maximum atomic E-state index is 12.7. The molecule has 5 heteroatoms. The molecule has 0 heterocycles. The second kappa shape index (κ2) is 4.85. The van der Waals surface area contributed by atoms with Gasteiger partial charge in [-0.25, -0.2) is 0 Å². The van der Waals surface area contributed by atoms with Gasteiger partial charge < -0.3 is 5.11 Å². The summed E-state index contributed by atoms with van der Waals surface area (Å²) < 4.78 is 38.9. The predicted molar refractivity (Wildman–Crippen MR) is 68.5 cm³/mol. The number of halogens is 4. The Morgan fingerprint density at radius 3 is 2.06 bits per heavy atom. The molecule has 1 rings (SSSR count). The van der Waals surface area contributed by atoms with Crippen LogP contribution >= 0.6 is 15.9 Å². The van der Waals surface area contributed by atoms with E-state index in [4.69, 9.17) is 0 Å². The van der Waals surface area contributed by atoms with Crippen LogP contribution in [-0.4, -0.2) is 16.9 Å². The third-order valence-corrected chi connectivity index (χ3v) is 3.69. The standard InChI is InChI=1S/C13H16BrF3O/c1-11(2,8-12(3,18)13(15,16)17)9-6-4-5-7-10(9)14/h4-7,18H,8H2,1-3H3. The molecule has 0 spiro atoms. The van der Waals surface area contributed by atoms with Crippen LogP contribution in [0.1, 0.15) is 32.8 Å². The molecule has 102 valence electrons. The third kappa shape index (κ3) is 3.26. The van der Waals surface area contributed by atoms with Crippen LogP contribution in [0.5, 0.6) is 0 Å². The van der Waals surface area contributed by atoms with E-state index in [1.165, 1.54) is 0 Å². The molecule has 0 saturated heterocycles. The summed E-state index contributed by atoms with van der Waals surface area (Å²) in [6.07, 6.45) is -5.03. The van der Waals surface area contributed by atoms with Crippen LogP contribution in [-0.2, 0) is 5.41 Å². The molecule has 0 amide bonds. The minimum Gasteiger partial charge on any atom is -0.381 e. The quantitative estimate of drug-likeness (QED) is 0.872. The van der Waals surface area contributed by atoms with E-state index in [1.54, 1.807) is 38.1 Å². The molecule has 0 radical (unpaired) electrons. The van der Waals surface area contributed by atoms with Crippen LogP contribution in [0.2, 0.25) is 0 Å². The monoisotopic (exact) mass is 324 g/mol. The summed E-state index contributed by atoms with van der Waals surface area (Å²) in [4.78, 5) is 0. The number of benzene rings is 1. The molecule has 0 aliphatic heterocycles. The first-order chi connectivity index (χ1) is 7.97. The Kier molecular flexibility index (Phi) is 4.18. The van der Waals surface area contributed by atoms with Crippen molar-refractivity contribution >= 4 is 15.9 Å². The third-order valence-electron chi connectivity index (χ3n) is 3.00. The van der Waals surface area contributed by atoms with E-state index >= 15 is 0 Å². The van der Waals surface area contributed by atoms with Gasteiger partial charge in [0.2, 0.25) is 0 Å². The van der Waals surface area contributed by atoms with Gasteiger partial charge in [0.15, 0.2) is 5.60 Å². The van der Waals surface area contributed by atoms with E-state index in [9.17, 15) is 18.3 Å². The largest absolute Gasteiger partial charge is 0.416 e. The maximum absolute atomic E-state index is 12.7.